The number of aliphatic hydroxyl groups is 1. The highest BCUT2D eigenvalue weighted by molar-refractivity contribution is 5.87. The third kappa shape index (κ3) is 6.59. The molecule has 0 aliphatic carbocycles. The van der Waals surface area contributed by atoms with Crippen molar-refractivity contribution in [3.8, 4) is 5.75 Å². The van der Waals surface area contributed by atoms with E-state index >= 15 is 0 Å². The Balaban J connectivity index is 1.31. The van der Waals surface area contributed by atoms with Gasteiger partial charge in [0, 0.05) is 30.6 Å². The Morgan fingerprint density at radius 1 is 0.944 bits per heavy atom. The summed E-state index contributed by atoms with van der Waals surface area (Å²) >= 11 is 0. The van der Waals surface area contributed by atoms with Gasteiger partial charge in [-0.1, -0.05) is 60.7 Å². The van der Waals surface area contributed by atoms with Gasteiger partial charge in [0.15, 0.2) is 0 Å². The van der Waals surface area contributed by atoms with Crippen LogP contribution in [0.4, 0.5) is 0 Å². The second-order valence-corrected chi connectivity index (χ2v) is 9.07. The molecule has 4 aromatic rings. The first-order valence-corrected chi connectivity index (χ1v) is 12.0. The molecule has 1 unspecified atom stereocenters. The Morgan fingerprint density at radius 3 is 2.50 bits per heavy atom. The fraction of sp³-hybridized carbons (Fsp3) is 0.241. The number of amides is 1. The van der Waals surface area contributed by atoms with Crippen molar-refractivity contribution in [1.82, 2.24) is 15.6 Å². The van der Waals surface area contributed by atoms with E-state index < -0.39 is 6.10 Å². The summed E-state index contributed by atoms with van der Waals surface area (Å²) in [6.45, 7) is 2.86. The molecule has 7 heteroatoms. The molecule has 0 radical (unpaired) electrons. The number of phenolic OH excluding ortho intramolecular Hbond substituents is 1. The van der Waals surface area contributed by atoms with Crippen LogP contribution < -0.4 is 16.2 Å². The Kier molecular flexibility index (Phi) is 8.15. The molecule has 2 atom stereocenters. The molecule has 1 aromatic heterocycles. The fourth-order valence-electron chi connectivity index (χ4n) is 4.31. The molecule has 0 fully saturated rings. The molecule has 0 saturated carbocycles. The van der Waals surface area contributed by atoms with E-state index in [1.807, 2.05) is 61.5 Å². The minimum absolute atomic E-state index is 0.0206. The normalized spacial score (nSPS) is 12.8. The molecule has 0 spiro atoms. The van der Waals surface area contributed by atoms with Crippen LogP contribution in [0.3, 0.4) is 0 Å². The molecule has 0 bridgehead atoms. The van der Waals surface area contributed by atoms with E-state index in [0.29, 0.717) is 36.0 Å². The van der Waals surface area contributed by atoms with Crippen molar-refractivity contribution in [3.63, 3.8) is 0 Å². The number of carbonyl (C=O) groups excluding carboxylic acids is 1. The van der Waals surface area contributed by atoms with Crippen molar-refractivity contribution in [2.45, 2.75) is 38.5 Å². The average molecular weight is 486 g/mol. The van der Waals surface area contributed by atoms with Crippen molar-refractivity contribution in [2.24, 2.45) is 0 Å². The molecule has 0 aliphatic heterocycles. The van der Waals surface area contributed by atoms with Crippen molar-refractivity contribution >= 4 is 16.8 Å². The van der Waals surface area contributed by atoms with Crippen molar-refractivity contribution in [3.05, 3.63) is 111 Å². The lowest BCUT2D eigenvalue weighted by molar-refractivity contribution is -0.120. The van der Waals surface area contributed by atoms with Crippen LogP contribution in [0, 0.1) is 0 Å². The van der Waals surface area contributed by atoms with Gasteiger partial charge in [-0.2, -0.15) is 0 Å². The largest absolute Gasteiger partial charge is 0.506 e. The lowest BCUT2D eigenvalue weighted by atomic mass is 10.0. The highest BCUT2D eigenvalue weighted by Crippen LogP contribution is 2.28. The predicted molar refractivity (Wildman–Crippen MR) is 141 cm³/mol. The number of hydrogen-bond acceptors (Lipinski definition) is 5. The predicted octanol–water partition coefficient (Wildman–Crippen LogP) is 3.35. The third-order valence-electron chi connectivity index (χ3n) is 6.16. The fourth-order valence-corrected chi connectivity index (χ4v) is 4.31. The summed E-state index contributed by atoms with van der Waals surface area (Å²) in [5.74, 6) is -0.0543. The van der Waals surface area contributed by atoms with Crippen LogP contribution in [0.1, 0.15) is 35.3 Å². The second-order valence-electron chi connectivity index (χ2n) is 9.07. The van der Waals surface area contributed by atoms with Gasteiger partial charge in [0.05, 0.1) is 18.0 Å². The monoisotopic (exact) mass is 485 g/mol. The lowest BCUT2D eigenvalue weighted by Crippen LogP contribution is -2.32. The maximum Gasteiger partial charge on any atom is 0.248 e. The van der Waals surface area contributed by atoms with Gasteiger partial charge < -0.3 is 25.8 Å². The number of fused-ring (bicyclic) bond motifs is 1. The average Bonchev–Trinajstić information content (AvgIpc) is 2.87. The number of carbonyl (C=O) groups is 1. The molecule has 1 amide bonds. The molecule has 5 N–H and O–H groups in total. The van der Waals surface area contributed by atoms with Crippen LogP contribution in [0.5, 0.6) is 5.75 Å². The molecular formula is C29H31N3O4. The molecule has 4 rings (SSSR count). The van der Waals surface area contributed by atoms with Crippen LogP contribution in [0.2, 0.25) is 0 Å². The number of H-pyrrole nitrogens is 1. The van der Waals surface area contributed by atoms with Crippen LogP contribution in [-0.4, -0.2) is 33.7 Å². The second kappa shape index (κ2) is 11.7. The number of aromatic amines is 1. The molecule has 1 heterocycles. The van der Waals surface area contributed by atoms with Crippen molar-refractivity contribution < 1.29 is 15.0 Å². The molecule has 0 aliphatic rings. The van der Waals surface area contributed by atoms with Crippen molar-refractivity contribution in [2.75, 3.05) is 6.54 Å². The summed E-state index contributed by atoms with van der Waals surface area (Å²) in [5.41, 5.74) is 3.75. The molecule has 186 valence electrons. The van der Waals surface area contributed by atoms with Gasteiger partial charge in [-0.15, -0.1) is 0 Å². The quantitative estimate of drug-likeness (QED) is 0.236. The molecule has 7 nitrogen and oxygen atoms in total. The van der Waals surface area contributed by atoms with E-state index in [1.165, 1.54) is 12.1 Å². The number of benzene rings is 3. The Bertz CT molecular complexity index is 1380. The molecule has 36 heavy (non-hydrogen) atoms. The SMILES string of the molecule is CC(Cc1cccc(CC(=O)NCc2ccccc2)c1)NC[C@H](O)c1ccc(O)c2[nH]c(=O)ccc12. The smallest absolute Gasteiger partial charge is 0.248 e. The van der Waals surface area contributed by atoms with Gasteiger partial charge >= 0.3 is 0 Å². The van der Waals surface area contributed by atoms with E-state index in [0.717, 1.165) is 23.1 Å². The number of nitrogens with one attached hydrogen (secondary N) is 3. The zero-order valence-electron chi connectivity index (χ0n) is 20.2. The molecule has 3 aromatic carbocycles. The van der Waals surface area contributed by atoms with Crippen LogP contribution in [0.25, 0.3) is 10.9 Å². The topological polar surface area (TPSA) is 114 Å². The Hall–Kier alpha value is -3.94. The van der Waals surface area contributed by atoms with Crippen molar-refractivity contribution in [1.29, 1.82) is 0 Å². The minimum atomic E-state index is -0.818. The summed E-state index contributed by atoms with van der Waals surface area (Å²) in [5, 5.41) is 27.8. The van der Waals surface area contributed by atoms with Crippen LogP contribution in [-0.2, 0) is 24.2 Å². The van der Waals surface area contributed by atoms with Gasteiger partial charge in [0.1, 0.15) is 5.75 Å². The van der Waals surface area contributed by atoms with E-state index in [9.17, 15) is 19.8 Å². The first-order chi connectivity index (χ1) is 17.4. The van der Waals surface area contributed by atoms with E-state index in [4.69, 9.17) is 0 Å². The van der Waals surface area contributed by atoms with E-state index in [-0.39, 0.29) is 23.3 Å². The summed E-state index contributed by atoms with van der Waals surface area (Å²) in [7, 11) is 0. The lowest BCUT2D eigenvalue weighted by Gasteiger charge is -2.19. The van der Waals surface area contributed by atoms with Gasteiger partial charge in [-0.3, -0.25) is 9.59 Å². The van der Waals surface area contributed by atoms with Crippen LogP contribution >= 0.6 is 0 Å². The Morgan fingerprint density at radius 2 is 1.69 bits per heavy atom. The van der Waals surface area contributed by atoms with E-state index in [2.05, 4.69) is 15.6 Å². The zero-order chi connectivity index (χ0) is 25.5. The first-order valence-electron chi connectivity index (χ1n) is 12.0. The van der Waals surface area contributed by atoms with Gasteiger partial charge in [0.2, 0.25) is 11.5 Å². The molecular weight excluding hydrogens is 454 g/mol. The number of phenols is 1. The number of pyridine rings is 1. The Labute approximate surface area is 209 Å². The standard InChI is InChI=1S/C29H31N3O4/c1-19(30-18-26(34)23-10-12-25(33)29-24(23)11-13-27(35)32-29)14-21-8-5-9-22(15-21)16-28(36)31-17-20-6-3-2-4-7-20/h2-13,15,19,26,30,33-34H,14,16-18H2,1H3,(H,31,36)(H,32,35)/t19?,26-/m0/s1. The van der Waals surface area contributed by atoms with Gasteiger partial charge in [-0.25, -0.2) is 0 Å². The number of rotatable bonds is 10. The maximum atomic E-state index is 12.4. The number of hydrogen-bond donors (Lipinski definition) is 5. The maximum absolute atomic E-state index is 12.4. The van der Waals surface area contributed by atoms with Crippen LogP contribution in [0.15, 0.2) is 83.7 Å². The highest BCUT2D eigenvalue weighted by Gasteiger charge is 2.15. The van der Waals surface area contributed by atoms with Gasteiger partial charge in [-0.05, 0) is 47.7 Å². The number of aromatic hydroxyl groups is 1. The van der Waals surface area contributed by atoms with Gasteiger partial charge in [0.25, 0.3) is 0 Å². The van der Waals surface area contributed by atoms with E-state index in [1.54, 1.807) is 12.1 Å². The number of aromatic nitrogens is 1. The highest BCUT2D eigenvalue weighted by atomic mass is 16.3. The summed E-state index contributed by atoms with van der Waals surface area (Å²) in [6, 6.07) is 24.0. The zero-order valence-corrected chi connectivity index (χ0v) is 20.2. The first kappa shape index (κ1) is 25.2. The minimum Gasteiger partial charge on any atom is -0.506 e. The third-order valence-corrected chi connectivity index (χ3v) is 6.16. The summed E-state index contributed by atoms with van der Waals surface area (Å²) < 4.78 is 0. The summed E-state index contributed by atoms with van der Waals surface area (Å²) in [6.07, 6.45) is 0.230. The molecule has 0 saturated heterocycles. The number of aliphatic hydroxyl groups excluding tert-OH is 1. The summed E-state index contributed by atoms with van der Waals surface area (Å²) in [4.78, 5) is 26.6.